The van der Waals surface area contributed by atoms with Crippen molar-refractivity contribution in [2.24, 2.45) is 17.3 Å². The number of rotatable bonds is 4. The molecule has 0 aromatic heterocycles. The fourth-order valence-electron chi connectivity index (χ4n) is 3.97. The molecule has 0 aromatic rings. The highest BCUT2D eigenvalue weighted by molar-refractivity contribution is 7.86. The van der Waals surface area contributed by atoms with Gasteiger partial charge in [0.15, 0.2) is 0 Å². The van der Waals surface area contributed by atoms with Gasteiger partial charge in [0.2, 0.25) is 0 Å². The molecule has 3 atom stereocenters. The van der Waals surface area contributed by atoms with E-state index in [1.54, 1.807) is 6.08 Å². The Kier molecular flexibility index (Phi) is 3.59. The quantitative estimate of drug-likeness (QED) is 0.353. The maximum Gasteiger partial charge on any atom is 0.432 e. The number of hydrogen-bond donors (Lipinski definition) is 1. The van der Waals surface area contributed by atoms with Crippen molar-refractivity contribution < 1.29 is 44.5 Å². The highest BCUT2D eigenvalue weighted by Crippen LogP contribution is 2.63. The molecule has 3 fully saturated rings. The van der Waals surface area contributed by atoms with Gasteiger partial charge in [0, 0.05) is 0 Å². The van der Waals surface area contributed by atoms with Crippen molar-refractivity contribution in [1.82, 2.24) is 0 Å². The monoisotopic (exact) mass is 376 g/mol. The molecular weight excluding hydrogens is 363 g/mol. The standard InChI is InChI=1S/C13H13F5O5S/c14-12(15,16)9(13(17,18)24(20,21)22)23-10(19)11-2-1-8-6(4-11)3-7(8)5-11/h1,6-7,9H,2-5H2,(H,20,21,22)/t6?,7?,9-,11?/m1/s1. The second kappa shape index (κ2) is 4.90. The van der Waals surface area contributed by atoms with Gasteiger partial charge in [-0.3, -0.25) is 9.35 Å². The lowest BCUT2D eigenvalue weighted by Gasteiger charge is -2.56. The molecule has 2 unspecified atom stereocenters. The van der Waals surface area contributed by atoms with E-state index in [2.05, 4.69) is 4.74 Å². The van der Waals surface area contributed by atoms with E-state index in [1.165, 1.54) is 0 Å². The van der Waals surface area contributed by atoms with E-state index in [9.17, 15) is 35.2 Å². The number of carbonyl (C=O) groups is 1. The van der Waals surface area contributed by atoms with Crippen LogP contribution in [-0.2, 0) is 19.6 Å². The molecule has 5 aliphatic carbocycles. The minimum atomic E-state index is -6.42. The number of alkyl halides is 5. The fraction of sp³-hybridized carbons (Fsp3) is 0.769. The molecule has 5 aliphatic rings. The summed E-state index contributed by atoms with van der Waals surface area (Å²) in [5.41, 5.74) is -0.200. The van der Waals surface area contributed by atoms with Crippen LogP contribution in [0.2, 0.25) is 0 Å². The number of hydrogen-bond acceptors (Lipinski definition) is 4. The maximum absolute atomic E-state index is 13.5. The van der Waals surface area contributed by atoms with E-state index in [0.29, 0.717) is 0 Å². The average Bonchev–Trinajstić information content (AvgIpc) is 2.42. The van der Waals surface area contributed by atoms with Crippen LogP contribution in [0.3, 0.4) is 0 Å². The van der Waals surface area contributed by atoms with Crippen LogP contribution in [0.5, 0.6) is 0 Å². The summed E-state index contributed by atoms with van der Waals surface area (Å²) in [5.74, 6) is -1.43. The van der Waals surface area contributed by atoms with Gasteiger partial charge >= 0.3 is 27.5 Å². The molecule has 5 nitrogen and oxygen atoms in total. The number of esters is 1. The van der Waals surface area contributed by atoms with Crippen molar-refractivity contribution >= 4 is 16.1 Å². The van der Waals surface area contributed by atoms with Crippen LogP contribution in [0.25, 0.3) is 0 Å². The Morgan fingerprint density at radius 2 is 1.79 bits per heavy atom. The highest BCUT2D eigenvalue weighted by Gasteiger charge is 2.67. The van der Waals surface area contributed by atoms with Crippen LogP contribution in [0.4, 0.5) is 22.0 Å². The molecule has 4 bridgehead atoms. The summed E-state index contributed by atoms with van der Waals surface area (Å²) in [5, 5.41) is -5.69. The van der Waals surface area contributed by atoms with Crippen molar-refractivity contribution in [3.63, 3.8) is 0 Å². The van der Waals surface area contributed by atoms with Crippen molar-refractivity contribution in [1.29, 1.82) is 0 Å². The van der Waals surface area contributed by atoms with Crippen molar-refractivity contribution in [2.75, 3.05) is 0 Å². The number of carbonyl (C=O) groups excluding carboxylic acids is 1. The Balaban J connectivity index is 1.87. The summed E-state index contributed by atoms with van der Waals surface area (Å²) in [4.78, 5) is 12.2. The molecule has 1 N–H and O–H groups in total. The lowest BCUT2D eigenvalue weighted by atomic mass is 9.48. The van der Waals surface area contributed by atoms with Gasteiger partial charge < -0.3 is 4.74 Å². The summed E-state index contributed by atoms with van der Waals surface area (Å²) in [7, 11) is -6.42. The third-order valence-electron chi connectivity index (χ3n) is 5.12. The normalized spacial score (nSPS) is 33.5. The zero-order valence-electron chi connectivity index (χ0n) is 12.0. The van der Waals surface area contributed by atoms with Crippen molar-refractivity contribution in [3.05, 3.63) is 11.6 Å². The van der Waals surface area contributed by atoms with Gasteiger partial charge in [0.05, 0.1) is 5.41 Å². The molecular formula is C13H13F5O5S. The van der Waals surface area contributed by atoms with E-state index in [0.717, 1.165) is 12.0 Å². The Morgan fingerprint density at radius 1 is 1.25 bits per heavy atom. The lowest BCUT2D eigenvalue weighted by Crippen LogP contribution is -2.56. The van der Waals surface area contributed by atoms with Crippen LogP contribution in [0, 0.1) is 17.3 Å². The second-order valence-corrected chi connectivity index (χ2v) is 8.08. The van der Waals surface area contributed by atoms with Crippen LogP contribution in [0.15, 0.2) is 11.6 Å². The number of allylic oxidation sites excluding steroid dienone is 2. The summed E-state index contributed by atoms with van der Waals surface area (Å²) in [6.07, 6.45) is -7.12. The summed E-state index contributed by atoms with van der Waals surface area (Å²) < 4.78 is 99.1. The van der Waals surface area contributed by atoms with E-state index >= 15 is 0 Å². The maximum atomic E-state index is 13.5. The largest absolute Gasteiger partial charge is 0.444 e. The molecule has 5 rings (SSSR count). The zero-order valence-corrected chi connectivity index (χ0v) is 12.8. The van der Waals surface area contributed by atoms with Gasteiger partial charge in [-0.05, 0) is 37.5 Å². The Hall–Kier alpha value is -1.23. The fourth-order valence-corrected chi connectivity index (χ4v) is 4.43. The number of fused-ring (bicyclic) bond motifs is 1. The number of halogens is 5. The first-order valence-electron chi connectivity index (χ1n) is 7.10. The second-order valence-electron chi connectivity index (χ2n) is 6.59. The Morgan fingerprint density at radius 3 is 2.21 bits per heavy atom. The van der Waals surface area contributed by atoms with E-state index < -0.39 is 39.0 Å². The SMILES string of the molecule is O=C(O[C@H](C(F)(F)F)C(F)(F)S(=O)(=O)O)C12CC=C3C(CC3C1)C2. The predicted octanol–water partition coefficient (Wildman–Crippen LogP) is 2.69. The van der Waals surface area contributed by atoms with Gasteiger partial charge in [-0.2, -0.15) is 30.4 Å². The summed E-state index contributed by atoms with van der Waals surface area (Å²) in [6.45, 7) is 0. The first-order valence-corrected chi connectivity index (χ1v) is 8.54. The van der Waals surface area contributed by atoms with E-state index in [1.807, 2.05) is 0 Å². The molecule has 0 aromatic carbocycles. The van der Waals surface area contributed by atoms with Gasteiger partial charge in [-0.25, -0.2) is 0 Å². The molecule has 0 heterocycles. The molecule has 0 amide bonds. The Labute approximate surface area is 133 Å². The van der Waals surface area contributed by atoms with Crippen LogP contribution < -0.4 is 0 Å². The van der Waals surface area contributed by atoms with Gasteiger partial charge in [-0.15, -0.1) is 0 Å². The van der Waals surface area contributed by atoms with E-state index in [4.69, 9.17) is 4.55 Å². The summed E-state index contributed by atoms with van der Waals surface area (Å²) >= 11 is 0. The van der Waals surface area contributed by atoms with Crippen LogP contribution in [-0.4, -0.2) is 36.5 Å². The topological polar surface area (TPSA) is 80.7 Å². The number of ether oxygens (including phenoxy) is 1. The highest BCUT2D eigenvalue weighted by atomic mass is 32.2. The van der Waals surface area contributed by atoms with Crippen molar-refractivity contribution in [2.45, 2.75) is 43.2 Å². The van der Waals surface area contributed by atoms with Gasteiger partial charge in [0.1, 0.15) is 0 Å². The smallest absolute Gasteiger partial charge is 0.432 e. The Bertz CT molecular complexity index is 697. The predicted molar refractivity (Wildman–Crippen MR) is 68.4 cm³/mol. The minimum absolute atomic E-state index is 0.0384. The molecule has 24 heavy (non-hydrogen) atoms. The molecule has 0 saturated heterocycles. The molecule has 0 spiro atoms. The average molecular weight is 376 g/mol. The third kappa shape index (κ3) is 2.43. The first-order chi connectivity index (χ1) is 10.8. The van der Waals surface area contributed by atoms with E-state index in [-0.39, 0.29) is 31.1 Å². The molecule has 136 valence electrons. The molecule has 11 heteroatoms. The third-order valence-corrected chi connectivity index (χ3v) is 6.02. The van der Waals surface area contributed by atoms with Crippen molar-refractivity contribution in [3.8, 4) is 0 Å². The lowest BCUT2D eigenvalue weighted by molar-refractivity contribution is -0.264. The minimum Gasteiger partial charge on any atom is -0.444 e. The molecule has 0 aliphatic heterocycles. The zero-order chi connectivity index (χ0) is 18.1. The molecule has 0 radical (unpaired) electrons. The molecule has 3 saturated carbocycles. The van der Waals surface area contributed by atoms with Gasteiger partial charge in [-0.1, -0.05) is 11.6 Å². The summed E-state index contributed by atoms with van der Waals surface area (Å²) in [6, 6.07) is 0. The first kappa shape index (κ1) is 17.6. The van der Waals surface area contributed by atoms with Crippen LogP contribution in [0.1, 0.15) is 25.7 Å². The van der Waals surface area contributed by atoms with Gasteiger partial charge in [0.25, 0.3) is 6.10 Å². The van der Waals surface area contributed by atoms with Crippen LogP contribution >= 0.6 is 0 Å².